The van der Waals surface area contributed by atoms with E-state index in [1.165, 1.54) is 27.5 Å². The fourth-order valence-electron chi connectivity index (χ4n) is 4.28. The van der Waals surface area contributed by atoms with Crippen molar-refractivity contribution in [1.82, 2.24) is 0 Å². The molecule has 0 spiro atoms. The number of halogens is 1. The molecule has 2 heteroatoms. The number of hydrogen-bond acceptors (Lipinski definition) is 1. The third-order valence-corrected chi connectivity index (χ3v) is 6.43. The maximum atomic E-state index is 6.28. The maximum Gasteiger partial charge on any atom is 0.136 e. The average molecular weight is 449 g/mol. The third kappa shape index (κ3) is 2.76. The van der Waals surface area contributed by atoms with Gasteiger partial charge >= 0.3 is 0 Å². The summed E-state index contributed by atoms with van der Waals surface area (Å²) in [5, 5.41) is 4.74. The SMILES string of the molecule is Brc1ccccc1-c1ccccc1-c1ccc2c(c1)oc1cc3ccccc3cc12. The van der Waals surface area contributed by atoms with Gasteiger partial charge < -0.3 is 4.42 Å². The van der Waals surface area contributed by atoms with Crippen LogP contribution in [0.3, 0.4) is 0 Å². The Morgan fingerprint density at radius 1 is 0.500 bits per heavy atom. The minimum atomic E-state index is 0.916. The van der Waals surface area contributed by atoms with Gasteiger partial charge in [0.05, 0.1) is 0 Å². The summed E-state index contributed by atoms with van der Waals surface area (Å²) >= 11 is 3.71. The summed E-state index contributed by atoms with van der Waals surface area (Å²) in [6, 6.07) is 36.2. The number of rotatable bonds is 2. The van der Waals surface area contributed by atoms with Gasteiger partial charge in [0.25, 0.3) is 0 Å². The van der Waals surface area contributed by atoms with Crippen molar-refractivity contribution in [2.75, 3.05) is 0 Å². The van der Waals surface area contributed by atoms with Gasteiger partial charge in [-0.1, -0.05) is 88.7 Å². The van der Waals surface area contributed by atoms with Crippen LogP contribution in [0, 0.1) is 0 Å². The Labute approximate surface area is 182 Å². The van der Waals surface area contributed by atoms with E-state index in [-0.39, 0.29) is 0 Å². The van der Waals surface area contributed by atoms with E-state index in [4.69, 9.17) is 4.42 Å². The first-order chi connectivity index (χ1) is 14.8. The van der Waals surface area contributed by atoms with Crippen LogP contribution in [0.15, 0.2) is 112 Å². The zero-order chi connectivity index (χ0) is 20.1. The second-order valence-electron chi connectivity index (χ2n) is 7.53. The predicted octanol–water partition coefficient (Wildman–Crippen LogP) is 8.84. The normalized spacial score (nSPS) is 11.5. The summed E-state index contributed by atoms with van der Waals surface area (Å²) in [7, 11) is 0. The lowest BCUT2D eigenvalue weighted by atomic mass is 9.94. The molecule has 0 saturated heterocycles. The number of furan rings is 1. The Balaban J connectivity index is 1.57. The van der Waals surface area contributed by atoms with E-state index in [1.54, 1.807) is 0 Å². The Morgan fingerprint density at radius 2 is 1.13 bits per heavy atom. The molecular weight excluding hydrogens is 432 g/mol. The highest BCUT2D eigenvalue weighted by molar-refractivity contribution is 9.10. The van der Waals surface area contributed by atoms with Gasteiger partial charge in [-0.15, -0.1) is 0 Å². The first-order valence-electron chi connectivity index (χ1n) is 9.97. The van der Waals surface area contributed by atoms with Crippen LogP contribution >= 0.6 is 15.9 Å². The van der Waals surface area contributed by atoms with E-state index in [0.717, 1.165) is 32.0 Å². The molecule has 1 nitrogen and oxygen atoms in total. The average Bonchev–Trinajstić information content (AvgIpc) is 3.14. The van der Waals surface area contributed by atoms with Crippen LogP contribution in [0.1, 0.15) is 0 Å². The molecule has 0 aliphatic rings. The van der Waals surface area contributed by atoms with E-state index in [1.807, 2.05) is 6.07 Å². The van der Waals surface area contributed by atoms with Gasteiger partial charge in [-0.2, -0.15) is 0 Å². The Hall–Kier alpha value is -3.36. The lowest BCUT2D eigenvalue weighted by molar-refractivity contribution is 0.669. The predicted molar refractivity (Wildman–Crippen MR) is 130 cm³/mol. The highest BCUT2D eigenvalue weighted by atomic mass is 79.9. The van der Waals surface area contributed by atoms with Crippen LogP contribution in [-0.2, 0) is 0 Å². The van der Waals surface area contributed by atoms with Crippen molar-refractivity contribution in [3.63, 3.8) is 0 Å². The van der Waals surface area contributed by atoms with Crippen molar-refractivity contribution in [3.05, 3.63) is 108 Å². The molecule has 0 aliphatic heterocycles. The monoisotopic (exact) mass is 448 g/mol. The van der Waals surface area contributed by atoms with Gasteiger partial charge in [-0.3, -0.25) is 0 Å². The summed E-state index contributed by atoms with van der Waals surface area (Å²) in [4.78, 5) is 0. The molecule has 0 bridgehead atoms. The fourth-order valence-corrected chi connectivity index (χ4v) is 4.78. The number of hydrogen-bond donors (Lipinski definition) is 0. The molecule has 30 heavy (non-hydrogen) atoms. The molecular formula is C28H17BrO. The third-order valence-electron chi connectivity index (χ3n) is 5.74. The van der Waals surface area contributed by atoms with Crippen molar-refractivity contribution < 1.29 is 4.42 Å². The summed E-state index contributed by atoms with van der Waals surface area (Å²) in [5.74, 6) is 0. The molecule has 0 unspecified atom stereocenters. The minimum Gasteiger partial charge on any atom is -0.456 e. The van der Waals surface area contributed by atoms with Gasteiger partial charge in [-0.25, -0.2) is 0 Å². The molecule has 0 aliphatic carbocycles. The zero-order valence-corrected chi connectivity index (χ0v) is 17.7. The molecule has 1 aromatic heterocycles. The van der Waals surface area contributed by atoms with Crippen molar-refractivity contribution in [2.45, 2.75) is 0 Å². The van der Waals surface area contributed by atoms with E-state index < -0.39 is 0 Å². The van der Waals surface area contributed by atoms with E-state index >= 15 is 0 Å². The van der Waals surface area contributed by atoms with E-state index in [2.05, 4.69) is 113 Å². The van der Waals surface area contributed by atoms with Crippen molar-refractivity contribution in [2.24, 2.45) is 0 Å². The second kappa shape index (κ2) is 6.86. The van der Waals surface area contributed by atoms with Crippen LogP contribution in [0.25, 0.3) is 55.0 Å². The Bertz CT molecular complexity index is 1560. The zero-order valence-electron chi connectivity index (χ0n) is 16.1. The lowest BCUT2D eigenvalue weighted by Crippen LogP contribution is -1.86. The molecule has 6 rings (SSSR count). The van der Waals surface area contributed by atoms with Crippen molar-refractivity contribution in [3.8, 4) is 22.3 Å². The quantitative estimate of drug-likeness (QED) is 0.257. The van der Waals surface area contributed by atoms with Crippen LogP contribution in [0.4, 0.5) is 0 Å². The molecule has 0 amide bonds. The molecule has 1 heterocycles. The standard InChI is InChI=1S/C28H17BrO/c29-26-12-6-5-11-23(26)22-10-4-3-9-21(22)20-13-14-24-25-15-18-7-1-2-8-19(18)16-28(25)30-27(24)17-20/h1-17H. The summed E-state index contributed by atoms with van der Waals surface area (Å²) in [6.07, 6.45) is 0. The number of benzene rings is 5. The molecule has 6 aromatic rings. The van der Waals surface area contributed by atoms with Gasteiger partial charge in [0.1, 0.15) is 11.2 Å². The Morgan fingerprint density at radius 3 is 1.93 bits per heavy atom. The molecule has 142 valence electrons. The smallest absolute Gasteiger partial charge is 0.136 e. The minimum absolute atomic E-state index is 0.916. The molecule has 0 atom stereocenters. The first-order valence-corrected chi connectivity index (χ1v) is 10.8. The highest BCUT2D eigenvalue weighted by Gasteiger charge is 2.13. The lowest BCUT2D eigenvalue weighted by Gasteiger charge is -2.11. The highest BCUT2D eigenvalue weighted by Crippen LogP contribution is 2.39. The van der Waals surface area contributed by atoms with Crippen LogP contribution in [0.2, 0.25) is 0 Å². The first kappa shape index (κ1) is 17.5. The van der Waals surface area contributed by atoms with Crippen molar-refractivity contribution in [1.29, 1.82) is 0 Å². The molecule has 5 aromatic carbocycles. The van der Waals surface area contributed by atoms with Gasteiger partial charge in [0.15, 0.2) is 0 Å². The summed E-state index contributed by atoms with van der Waals surface area (Å²) < 4.78 is 7.37. The Kier molecular flexibility index (Phi) is 4.00. The molecule has 0 N–H and O–H groups in total. The van der Waals surface area contributed by atoms with E-state index in [0.29, 0.717) is 0 Å². The number of fused-ring (bicyclic) bond motifs is 4. The van der Waals surface area contributed by atoms with Gasteiger partial charge in [0.2, 0.25) is 0 Å². The van der Waals surface area contributed by atoms with Crippen LogP contribution in [-0.4, -0.2) is 0 Å². The summed E-state index contributed by atoms with van der Waals surface area (Å²) in [6.45, 7) is 0. The van der Waals surface area contributed by atoms with Gasteiger partial charge in [0, 0.05) is 15.2 Å². The molecule has 0 fully saturated rings. The topological polar surface area (TPSA) is 13.1 Å². The second-order valence-corrected chi connectivity index (χ2v) is 8.39. The maximum absolute atomic E-state index is 6.28. The largest absolute Gasteiger partial charge is 0.456 e. The van der Waals surface area contributed by atoms with Gasteiger partial charge in [-0.05, 0) is 63.4 Å². The summed E-state index contributed by atoms with van der Waals surface area (Å²) in [5.41, 5.74) is 6.57. The van der Waals surface area contributed by atoms with Crippen LogP contribution < -0.4 is 0 Å². The fraction of sp³-hybridized carbons (Fsp3) is 0. The molecule has 0 saturated carbocycles. The molecule has 0 radical (unpaired) electrons. The van der Waals surface area contributed by atoms with E-state index in [9.17, 15) is 0 Å². The van der Waals surface area contributed by atoms with Crippen LogP contribution in [0.5, 0.6) is 0 Å². The van der Waals surface area contributed by atoms with Crippen molar-refractivity contribution >= 4 is 48.6 Å².